The number of carbonyl (C=O) groups excluding carboxylic acids is 2. The van der Waals surface area contributed by atoms with Crippen LogP contribution in [-0.2, 0) is 4.79 Å². The van der Waals surface area contributed by atoms with Crippen LogP contribution in [0.4, 0.5) is 4.79 Å². The number of carbonyl (C=O) groups is 2. The first kappa shape index (κ1) is 16.0. The second-order valence-electron chi connectivity index (χ2n) is 4.81. The fourth-order valence-electron chi connectivity index (χ4n) is 1.85. The average Bonchev–Trinajstić information content (AvgIpc) is 2.80. The number of amides is 3. The molecule has 0 aliphatic carbocycles. The second-order valence-corrected chi connectivity index (χ2v) is 6.12. The molecule has 1 aromatic carbocycles. The number of nitrogens with one attached hydrogen (secondary N) is 1. The van der Waals surface area contributed by atoms with E-state index in [0.29, 0.717) is 11.0 Å². The van der Waals surface area contributed by atoms with Gasteiger partial charge in [0.05, 0.1) is 5.25 Å². The van der Waals surface area contributed by atoms with Gasteiger partial charge in [0.1, 0.15) is 5.82 Å². The van der Waals surface area contributed by atoms with Crippen LogP contribution < -0.4 is 11.1 Å². The number of imide groups is 1. The SMILES string of the molecule is Cc1ccc(-n2c(C)nnc2S[C@@H](C)C(=O)NC(N)=O)cc1. The number of aryl methyl sites for hydroxylation is 2. The first-order chi connectivity index (χ1) is 10.4. The molecule has 8 heteroatoms. The fraction of sp³-hybridized carbons (Fsp3) is 0.286. The number of rotatable bonds is 4. The molecule has 2 aromatic rings. The summed E-state index contributed by atoms with van der Waals surface area (Å²) in [6.07, 6.45) is 0. The molecule has 0 fully saturated rings. The Hall–Kier alpha value is -2.35. The molecule has 0 saturated heterocycles. The van der Waals surface area contributed by atoms with Crippen LogP contribution in [0, 0.1) is 13.8 Å². The quantitative estimate of drug-likeness (QED) is 0.832. The average molecular weight is 319 g/mol. The topological polar surface area (TPSA) is 103 Å². The standard InChI is InChI=1S/C14H17N5O2S/c1-8-4-6-11(7-5-8)19-10(3)17-18-14(19)22-9(2)12(20)16-13(15)21/h4-7,9H,1-3H3,(H3,15,16,20,21)/t9-/m0/s1. The normalized spacial score (nSPS) is 12.0. The summed E-state index contributed by atoms with van der Waals surface area (Å²) in [6, 6.07) is 7.04. The number of nitrogens with two attached hydrogens (primary N) is 1. The van der Waals surface area contributed by atoms with Crippen molar-refractivity contribution in [1.29, 1.82) is 0 Å². The van der Waals surface area contributed by atoms with Crippen LogP contribution in [-0.4, -0.2) is 32.0 Å². The van der Waals surface area contributed by atoms with Crippen LogP contribution in [0.3, 0.4) is 0 Å². The van der Waals surface area contributed by atoms with Gasteiger partial charge >= 0.3 is 6.03 Å². The van der Waals surface area contributed by atoms with Crippen molar-refractivity contribution >= 4 is 23.7 Å². The van der Waals surface area contributed by atoms with Crippen LogP contribution >= 0.6 is 11.8 Å². The zero-order valence-corrected chi connectivity index (χ0v) is 13.3. The molecule has 0 aliphatic rings. The van der Waals surface area contributed by atoms with E-state index in [2.05, 4.69) is 15.5 Å². The van der Waals surface area contributed by atoms with Gasteiger partial charge in [0, 0.05) is 5.69 Å². The lowest BCUT2D eigenvalue weighted by Gasteiger charge is -2.12. The Labute approximate surface area is 132 Å². The summed E-state index contributed by atoms with van der Waals surface area (Å²) in [7, 11) is 0. The van der Waals surface area contributed by atoms with E-state index in [1.807, 2.05) is 42.7 Å². The molecule has 2 rings (SSSR count). The van der Waals surface area contributed by atoms with Gasteiger partial charge in [-0.3, -0.25) is 14.7 Å². The van der Waals surface area contributed by atoms with E-state index in [9.17, 15) is 9.59 Å². The maximum absolute atomic E-state index is 11.8. The summed E-state index contributed by atoms with van der Waals surface area (Å²) in [4.78, 5) is 22.5. The largest absolute Gasteiger partial charge is 0.351 e. The maximum Gasteiger partial charge on any atom is 0.318 e. The van der Waals surface area contributed by atoms with E-state index in [4.69, 9.17) is 5.73 Å². The Kier molecular flexibility index (Phi) is 4.81. The van der Waals surface area contributed by atoms with Crippen LogP contribution in [0.5, 0.6) is 0 Å². The molecule has 3 amide bonds. The molecule has 0 radical (unpaired) electrons. The Morgan fingerprint density at radius 3 is 2.45 bits per heavy atom. The summed E-state index contributed by atoms with van der Waals surface area (Å²) in [5.74, 6) is 0.252. The van der Waals surface area contributed by atoms with Crippen molar-refractivity contribution in [1.82, 2.24) is 20.1 Å². The summed E-state index contributed by atoms with van der Waals surface area (Å²) in [5, 5.41) is 10.3. The lowest BCUT2D eigenvalue weighted by atomic mass is 10.2. The van der Waals surface area contributed by atoms with Gasteiger partial charge in [0.25, 0.3) is 0 Å². The van der Waals surface area contributed by atoms with Gasteiger partial charge in [0.15, 0.2) is 5.16 Å². The number of hydrogen-bond donors (Lipinski definition) is 2. The molecular formula is C14H17N5O2S. The monoisotopic (exact) mass is 319 g/mol. The van der Waals surface area contributed by atoms with Gasteiger partial charge < -0.3 is 5.73 Å². The third-order valence-corrected chi connectivity index (χ3v) is 4.03. The molecule has 1 aromatic heterocycles. The van der Waals surface area contributed by atoms with Gasteiger partial charge in [-0.2, -0.15) is 0 Å². The third kappa shape index (κ3) is 3.64. The highest BCUT2D eigenvalue weighted by Crippen LogP contribution is 2.25. The van der Waals surface area contributed by atoms with E-state index in [-0.39, 0.29) is 0 Å². The van der Waals surface area contributed by atoms with Crippen molar-refractivity contribution in [3.63, 3.8) is 0 Å². The molecule has 0 aliphatic heterocycles. The molecule has 0 bridgehead atoms. The van der Waals surface area contributed by atoms with Crippen molar-refractivity contribution in [2.45, 2.75) is 31.2 Å². The first-order valence-corrected chi connectivity index (χ1v) is 7.52. The van der Waals surface area contributed by atoms with Gasteiger partial charge in [0.2, 0.25) is 5.91 Å². The number of hydrogen-bond acceptors (Lipinski definition) is 5. The fourth-order valence-corrected chi connectivity index (χ4v) is 2.76. The maximum atomic E-state index is 11.8. The number of primary amides is 1. The van der Waals surface area contributed by atoms with Crippen LogP contribution in [0.15, 0.2) is 29.4 Å². The van der Waals surface area contributed by atoms with E-state index in [1.54, 1.807) is 6.92 Å². The van der Waals surface area contributed by atoms with Crippen molar-refractivity contribution in [2.75, 3.05) is 0 Å². The molecule has 116 valence electrons. The molecule has 0 saturated carbocycles. The number of benzene rings is 1. The van der Waals surface area contributed by atoms with Crippen molar-refractivity contribution in [2.24, 2.45) is 5.73 Å². The summed E-state index contributed by atoms with van der Waals surface area (Å²) in [5.41, 5.74) is 7.02. The predicted molar refractivity (Wildman–Crippen MR) is 83.9 cm³/mol. The number of thioether (sulfide) groups is 1. The Morgan fingerprint density at radius 2 is 1.86 bits per heavy atom. The van der Waals surface area contributed by atoms with Crippen LogP contribution in [0.1, 0.15) is 18.3 Å². The highest BCUT2D eigenvalue weighted by Gasteiger charge is 2.20. The van der Waals surface area contributed by atoms with Gasteiger partial charge in [-0.15, -0.1) is 10.2 Å². The van der Waals surface area contributed by atoms with Crippen LogP contribution in [0.25, 0.3) is 5.69 Å². The molecule has 1 atom stereocenters. The number of nitrogens with zero attached hydrogens (tertiary/aromatic N) is 3. The van der Waals surface area contributed by atoms with Gasteiger partial charge in [-0.1, -0.05) is 29.5 Å². The van der Waals surface area contributed by atoms with Gasteiger partial charge in [-0.05, 0) is 32.9 Å². The molecule has 0 spiro atoms. The zero-order chi connectivity index (χ0) is 16.3. The first-order valence-electron chi connectivity index (χ1n) is 6.64. The van der Waals surface area contributed by atoms with E-state index in [1.165, 1.54) is 11.8 Å². The van der Waals surface area contributed by atoms with Crippen LogP contribution in [0.2, 0.25) is 0 Å². The highest BCUT2D eigenvalue weighted by atomic mass is 32.2. The zero-order valence-electron chi connectivity index (χ0n) is 12.5. The van der Waals surface area contributed by atoms with E-state index in [0.717, 1.165) is 11.3 Å². The van der Waals surface area contributed by atoms with Crippen molar-refractivity contribution in [3.05, 3.63) is 35.7 Å². The lowest BCUT2D eigenvalue weighted by molar-refractivity contribution is -0.119. The Morgan fingerprint density at radius 1 is 1.23 bits per heavy atom. The molecule has 1 heterocycles. The lowest BCUT2D eigenvalue weighted by Crippen LogP contribution is -2.39. The third-order valence-electron chi connectivity index (χ3n) is 2.99. The number of urea groups is 1. The molecule has 3 N–H and O–H groups in total. The minimum atomic E-state index is -0.867. The molecule has 7 nitrogen and oxygen atoms in total. The Balaban J connectivity index is 2.24. The highest BCUT2D eigenvalue weighted by molar-refractivity contribution is 8.00. The minimum absolute atomic E-state index is 0.464. The van der Waals surface area contributed by atoms with Crippen molar-refractivity contribution < 1.29 is 9.59 Å². The van der Waals surface area contributed by atoms with Gasteiger partial charge in [-0.25, -0.2) is 4.79 Å². The Bertz CT molecular complexity index is 696. The van der Waals surface area contributed by atoms with E-state index >= 15 is 0 Å². The second kappa shape index (κ2) is 6.61. The van der Waals surface area contributed by atoms with Crippen molar-refractivity contribution in [3.8, 4) is 5.69 Å². The molecule has 0 unspecified atom stereocenters. The summed E-state index contributed by atoms with van der Waals surface area (Å²) >= 11 is 1.21. The smallest absolute Gasteiger partial charge is 0.318 e. The molecular weight excluding hydrogens is 302 g/mol. The summed E-state index contributed by atoms with van der Waals surface area (Å²) in [6.45, 7) is 5.52. The molecule has 22 heavy (non-hydrogen) atoms. The number of aromatic nitrogens is 3. The minimum Gasteiger partial charge on any atom is -0.351 e. The summed E-state index contributed by atoms with van der Waals surface area (Å²) < 4.78 is 1.86. The predicted octanol–water partition coefficient (Wildman–Crippen LogP) is 1.56. The van der Waals surface area contributed by atoms with E-state index < -0.39 is 17.2 Å².